The fourth-order valence-corrected chi connectivity index (χ4v) is 4.62. The van der Waals surface area contributed by atoms with E-state index in [1.54, 1.807) is 8.61 Å². The van der Waals surface area contributed by atoms with Gasteiger partial charge in [0.15, 0.2) is 0 Å². The average molecular weight is 295 g/mol. The maximum Gasteiger partial charge on any atom is 0.282 e. The van der Waals surface area contributed by atoms with Gasteiger partial charge in [-0.05, 0) is 24.5 Å². The molecule has 6 heteroatoms. The van der Waals surface area contributed by atoms with Crippen molar-refractivity contribution in [3.05, 3.63) is 35.4 Å². The predicted molar refractivity (Wildman–Crippen MR) is 78.5 cm³/mol. The summed E-state index contributed by atoms with van der Waals surface area (Å²) in [6, 6.07) is 8.32. The molecule has 1 N–H and O–H groups in total. The van der Waals surface area contributed by atoms with Crippen molar-refractivity contribution in [2.45, 2.75) is 25.9 Å². The summed E-state index contributed by atoms with van der Waals surface area (Å²) in [5.41, 5.74) is 2.40. The van der Waals surface area contributed by atoms with Gasteiger partial charge in [0.2, 0.25) is 0 Å². The minimum absolute atomic E-state index is 0.218. The van der Waals surface area contributed by atoms with Crippen LogP contribution in [-0.2, 0) is 23.2 Å². The molecule has 2 aliphatic rings. The quantitative estimate of drug-likeness (QED) is 0.868. The van der Waals surface area contributed by atoms with Crippen LogP contribution < -0.4 is 5.32 Å². The Kier molecular flexibility index (Phi) is 3.81. The van der Waals surface area contributed by atoms with Crippen LogP contribution in [0.25, 0.3) is 0 Å². The van der Waals surface area contributed by atoms with Crippen LogP contribution in [0.1, 0.15) is 18.1 Å². The molecule has 0 radical (unpaired) electrons. The molecule has 5 nitrogen and oxygen atoms in total. The molecule has 2 aliphatic heterocycles. The summed E-state index contributed by atoms with van der Waals surface area (Å²) in [6.07, 6.45) is 0.803. The molecular formula is C14H21N3O2S. The van der Waals surface area contributed by atoms with Gasteiger partial charge in [-0.25, -0.2) is 0 Å². The largest absolute Gasteiger partial charge is 0.312 e. The third-order valence-electron chi connectivity index (χ3n) is 4.08. The number of piperazine rings is 1. The van der Waals surface area contributed by atoms with Gasteiger partial charge in [0.05, 0.1) is 0 Å². The molecule has 1 saturated heterocycles. The molecule has 110 valence electrons. The third-order valence-corrected chi connectivity index (χ3v) is 6.03. The number of benzene rings is 1. The Bertz CT molecular complexity index is 588. The number of hydrogen-bond donors (Lipinski definition) is 1. The lowest BCUT2D eigenvalue weighted by Gasteiger charge is -2.36. The minimum Gasteiger partial charge on any atom is -0.312 e. The summed E-state index contributed by atoms with van der Waals surface area (Å²) >= 11 is 0. The monoisotopic (exact) mass is 295 g/mol. The lowest BCUT2D eigenvalue weighted by molar-refractivity contribution is 0.274. The first-order valence-corrected chi connectivity index (χ1v) is 8.52. The van der Waals surface area contributed by atoms with Crippen molar-refractivity contribution in [1.82, 2.24) is 13.9 Å². The van der Waals surface area contributed by atoms with Crippen molar-refractivity contribution in [3.8, 4) is 0 Å². The highest BCUT2D eigenvalue weighted by molar-refractivity contribution is 7.86. The molecule has 2 heterocycles. The summed E-state index contributed by atoms with van der Waals surface area (Å²) in [6.45, 7) is 4.94. The molecule has 0 aliphatic carbocycles. The van der Waals surface area contributed by atoms with Crippen molar-refractivity contribution in [3.63, 3.8) is 0 Å². The zero-order valence-corrected chi connectivity index (χ0v) is 12.6. The molecule has 0 spiro atoms. The number of rotatable bonds is 2. The maximum absolute atomic E-state index is 12.7. The molecule has 1 fully saturated rings. The Morgan fingerprint density at radius 2 is 1.90 bits per heavy atom. The van der Waals surface area contributed by atoms with Crippen molar-refractivity contribution < 1.29 is 8.42 Å². The van der Waals surface area contributed by atoms with E-state index < -0.39 is 10.2 Å². The highest BCUT2D eigenvalue weighted by Gasteiger charge is 2.34. The Morgan fingerprint density at radius 3 is 2.65 bits per heavy atom. The summed E-state index contributed by atoms with van der Waals surface area (Å²) in [5, 5.41) is 3.28. The van der Waals surface area contributed by atoms with Crippen LogP contribution >= 0.6 is 0 Å². The summed E-state index contributed by atoms with van der Waals surface area (Å²) in [4.78, 5) is 0. The van der Waals surface area contributed by atoms with Crippen LogP contribution in [0, 0.1) is 0 Å². The van der Waals surface area contributed by atoms with Gasteiger partial charge in [0.25, 0.3) is 10.2 Å². The van der Waals surface area contributed by atoms with E-state index in [-0.39, 0.29) is 6.04 Å². The molecule has 0 amide bonds. The number of hydrogen-bond acceptors (Lipinski definition) is 3. The molecule has 0 aromatic heterocycles. The standard InChI is InChI=1S/C14H21N3O2S/c1-12-10-17(9-7-15-12)20(18,19)16-8-6-13-4-2-3-5-14(13)11-16/h2-5,12,15H,6-11H2,1H3/t12-/m0/s1. The van der Waals surface area contributed by atoms with E-state index in [9.17, 15) is 8.42 Å². The van der Waals surface area contributed by atoms with Gasteiger partial charge in [-0.1, -0.05) is 24.3 Å². The average Bonchev–Trinajstić information content (AvgIpc) is 2.46. The normalized spacial score (nSPS) is 25.4. The van der Waals surface area contributed by atoms with Crippen molar-refractivity contribution in [2.24, 2.45) is 0 Å². The topological polar surface area (TPSA) is 52.7 Å². The third kappa shape index (κ3) is 2.61. The van der Waals surface area contributed by atoms with Crippen molar-refractivity contribution in [2.75, 3.05) is 26.2 Å². The first-order valence-electron chi connectivity index (χ1n) is 7.13. The lowest BCUT2D eigenvalue weighted by Crippen LogP contribution is -2.55. The van der Waals surface area contributed by atoms with Crippen LogP contribution in [0.4, 0.5) is 0 Å². The Morgan fingerprint density at radius 1 is 1.15 bits per heavy atom. The van der Waals surface area contributed by atoms with Crippen LogP contribution in [0.5, 0.6) is 0 Å². The van der Waals surface area contributed by atoms with Gasteiger partial charge in [-0.3, -0.25) is 0 Å². The molecule has 1 aromatic carbocycles. The van der Waals surface area contributed by atoms with E-state index in [1.807, 2.05) is 25.1 Å². The second kappa shape index (κ2) is 5.44. The minimum atomic E-state index is -3.33. The smallest absolute Gasteiger partial charge is 0.282 e. The summed E-state index contributed by atoms with van der Waals surface area (Å²) in [5.74, 6) is 0. The second-order valence-electron chi connectivity index (χ2n) is 5.57. The highest BCUT2D eigenvalue weighted by atomic mass is 32.2. The van der Waals surface area contributed by atoms with Gasteiger partial charge >= 0.3 is 0 Å². The molecule has 0 bridgehead atoms. The number of nitrogens with one attached hydrogen (secondary N) is 1. The zero-order valence-electron chi connectivity index (χ0n) is 11.7. The number of nitrogens with zero attached hydrogens (tertiary/aromatic N) is 2. The van der Waals surface area contributed by atoms with E-state index in [4.69, 9.17) is 0 Å². The van der Waals surface area contributed by atoms with E-state index in [2.05, 4.69) is 11.4 Å². The first kappa shape index (κ1) is 14.0. The molecule has 0 unspecified atom stereocenters. The Hall–Kier alpha value is -0.950. The zero-order chi connectivity index (χ0) is 14.2. The van der Waals surface area contributed by atoms with Gasteiger partial charge in [-0.2, -0.15) is 17.0 Å². The molecule has 1 aromatic rings. The van der Waals surface area contributed by atoms with Gasteiger partial charge in [0, 0.05) is 38.8 Å². The van der Waals surface area contributed by atoms with Crippen LogP contribution in [0.3, 0.4) is 0 Å². The van der Waals surface area contributed by atoms with Crippen LogP contribution in [0.2, 0.25) is 0 Å². The van der Waals surface area contributed by atoms with E-state index in [1.165, 1.54) is 5.56 Å². The summed E-state index contributed by atoms with van der Waals surface area (Å²) < 4.78 is 28.7. The molecule has 0 saturated carbocycles. The maximum atomic E-state index is 12.7. The van der Waals surface area contributed by atoms with Gasteiger partial charge in [-0.15, -0.1) is 0 Å². The second-order valence-corrected chi connectivity index (χ2v) is 7.50. The van der Waals surface area contributed by atoms with Crippen LogP contribution in [0.15, 0.2) is 24.3 Å². The first-order chi connectivity index (χ1) is 9.57. The van der Waals surface area contributed by atoms with Gasteiger partial charge in [0.1, 0.15) is 0 Å². The van der Waals surface area contributed by atoms with E-state index in [0.717, 1.165) is 18.5 Å². The molecular weight excluding hydrogens is 274 g/mol. The number of fused-ring (bicyclic) bond motifs is 1. The Labute approximate surface area is 120 Å². The highest BCUT2D eigenvalue weighted by Crippen LogP contribution is 2.23. The molecule has 20 heavy (non-hydrogen) atoms. The van der Waals surface area contributed by atoms with Crippen molar-refractivity contribution >= 4 is 10.2 Å². The molecule has 3 rings (SSSR count). The van der Waals surface area contributed by atoms with Crippen molar-refractivity contribution in [1.29, 1.82) is 0 Å². The van der Waals surface area contributed by atoms with Gasteiger partial charge < -0.3 is 5.32 Å². The lowest BCUT2D eigenvalue weighted by atomic mass is 10.0. The fraction of sp³-hybridized carbons (Fsp3) is 0.571. The SMILES string of the molecule is C[C@H]1CN(S(=O)(=O)N2CCc3ccccc3C2)CCN1. The molecule has 1 atom stereocenters. The van der Waals surface area contributed by atoms with E-state index in [0.29, 0.717) is 26.2 Å². The fourth-order valence-electron chi connectivity index (χ4n) is 2.94. The van der Waals surface area contributed by atoms with Crippen LogP contribution in [-0.4, -0.2) is 49.2 Å². The summed E-state index contributed by atoms with van der Waals surface area (Å²) in [7, 11) is -3.33. The predicted octanol–water partition coefficient (Wildman–Crippen LogP) is 0.583. The Balaban J connectivity index is 1.79. The van der Waals surface area contributed by atoms with E-state index >= 15 is 0 Å².